The largest absolute Gasteiger partial charge is 0.481 e. The molecule has 4 nitrogen and oxygen atoms in total. The van der Waals surface area contributed by atoms with E-state index < -0.39 is 5.97 Å². The SMILES string of the molecule is Cc1ccc(-c2nc(N(CCC(=O)O)Cc3ccccc3)sc2C(C)C)cc1C. The molecule has 0 bridgehead atoms. The highest BCUT2D eigenvalue weighted by molar-refractivity contribution is 7.16. The number of nitrogens with zero attached hydrogens (tertiary/aromatic N) is 2. The molecule has 0 spiro atoms. The van der Waals surface area contributed by atoms with Crippen LogP contribution in [0.3, 0.4) is 0 Å². The minimum Gasteiger partial charge on any atom is -0.481 e. The Morgan fingerprint density at radius 3 is 2.45 bits per heavy atom. The lowest BCUT2D eigenvalue weighted by atomic mass is 10.0. The lowest BCUT2D eigenvalue weighted by Gasteiger charge is -2.21. The third kappa shape index (κ3) is 5.24. The maximum absolute atomic E-state index is 11.2. The number of benzene rings is 2. The van der Waals surface area contributed by atoms with Crippen molar-refractivity contribution in [3.63, 3.8) is 0 Å². The number of hydrogen-bond acceptors (Lipinski definition) is 4. The molecule has 0 amide bonds. The van der Waals surface area contributed by atoms with E-state index in [1.54, 1.807) is 11.3 Å². The molecule has 0 fully saturated rings. The quantitative estimate of drug-likeness (QED) is 0.494. The van der Waals surface area contributed by atoms with Gasteiger partial charge in [0.05, 0.1) is 12.1 Å². The zero-order chi connectivity index (χ0) is 21.0. The zero-order valence-corrected chi connectivity index (χ0v) is 18.3. The molecule has 3 aromatic rings. The first-order valence-corrected chi connectivity index (χ1v) is 10.8. The lowest BCUT2D eigenvalue weighted by molar-refractivity contribution is -0.136. The number of carbonyl (C=O) groups is 1. The van der Waals surface area contributed by atoms with Gasteiger partial charge in [-0.3, -0.25) is 4.79 Å². The maximum Gasteiger partial charge on any atom is 0.305 e. The van der Waals surface area contributed by atoms with Crippen molar-refractivity contribution in [2.75, 3.05) is 11.4 Å². The van der Waals surface area contributed by atoms with E-state index in [2.05, 4.69) is 62.9 Å². The minimum absolute atomic E-state index is 0.0857. The second kappa shape index (κ2) is 9.23. The van der Waals surface area contributed by atoms with E-state index in [1.165, 1.54) is 16.0 Å². The monoisotopic (exact) mass is 408 g/mol. The van der Waals surface area contributed by atoms with Gasteiger partial charge in [-0.25, -0.2) is 4.98 Å². The summed E-state index contributed by atoms with van der Waals surface area (Å²) < 4.78 is 0. The first kappa shape index (κ1) is 21.1. The van der Waals surface area contributed by atoms with Crippen LogP contribution < -0.4 is 4.90 Å². The Hall–Kier alpha value is -2.66. The minimum atomic E-state index is -0.793. The second-order valence-corrected chi connectivity index (χ2v) is 8.72. The van der Waals surface area contributed by atoms with Crippen molar-refractivity contribution in [1.82, 2.24) is 4.98 Å². The molecule has 3 rings (SSSR count). The van der Waals surface area contributed by atoms with Crippen LogP contribution >= 0.6 is 11.3 Å². The highest BCUT2D eigenvalue weighted by Crippen LogP contribution is 2.38. The molecule has 0 saturated carbocycles. The van der Waals surface area contributed by atoms with E-state index in [0.29, 0.717) is 19.0 Å². The molecule has 0 aliphatic rings. The topological polar surface area (TPSA) is 53.4 Å². The fourth-order valence-corrected chi connectivity index (χ4v) is 4.33. The van der Waals surface area contributed by atoms with Crippen molar-refractivity contribution < 1.29 is 9.90 Å². The Labute approximate surface area is 176 Å². The van der Waals surface area contributed by atoms with Crippen LogP contribution in [0.15, 0.2) is 48.5 Å². The summed E-state index contributed by atoms with van der Waals surface area (Å²) in [6.45, 7) is 9.67. The molecule has 0 atom stereocenters. The van der Waals surface area contributed by atoms with Gasteiger partial charge in [0.2, 0.25) is 0 Å². The third-order valence-electron chi connectivity index (χ3n) is 5.03. The number of aromatic nitrogens is 1. The predicted octanol–water partition coefficient (Wildman–Crippen LogP) is 6.03. The van der Waals surface area contributed by atoms with Gasteiger partial charge in [0.15, 0.2) is 5.13 Å². The van der Waals surface area contributed by atoms with Crippen molar-refractivity contribution in [1.29, 1.82) is 0 Å². The summed E-state index contributed by atoms with van der Waals surface area (Å²) in [4.78, 5) is 19.5. The van der Waals surface area contributed by atoms with Crippen LogP contribution in [0.2, 0.25) is 0 Å². The average Bonchev–Trinajstić information content (AvgIpc) is 3.13. The van der Waals surface area contributed by atoms with Crippen LogP contribution in [0.5, 0.6) is 0 Å². The number of carboxylic acid groups (broad SMARTS) is 1. The number of aryl methyl sites for hydroxylation is 2. The van der Waals surface area contributed by atoms with E-state index in [-0.39, 0.29) is 6.42 Å². The van der Waals surface area contributed by atoms with Gasteiger partial charge < -0.3 is 10.0 Å². The first-order valence-electron chi connectivity index (χ1n) is 9.94. The van der Waals surface area contributed by atoms with Crippen LogP contribution in [0.4, 0.5) is 5.13 Å². The third-order valence-corrected chi connectivity index (χ3v) is 6.45. The van der Waals surface area contributed by atoms with Gasteiger partial charge in [0.1, 0.15) is 0 Å². The van der Waals surface area contributed by atoms with Gasteiger partial charge in [0, 0.05) is 23.5 Å². The summed E-state index contributed by atoms with van der Waals surface area (Å²) in [5.41, 5.74) is 5.79. The molecule has 29 heavy (non-hydrogen) atoms. The van der Waals surface area contributed by atoms with E-state index in [9.17, 15) is 9.90 Å². The summed E-state index contributed by atoms with van der Waals surface area (Å²) in [5, 5.41) is 10.1. The number of aliphatic carboxylic acids is 1. The number of anilines is 1. The highest BCUT2D eigenvalue weighted by atomic mass is 32.1. The van der Waals surface area contributed by atoms with Crippen molar-refractivity contribution in [3.05, 3.63) is 70.1 Å². The molecule has 0 saturated heterocycles. The van der Waals surface area contributed by atoms with Gasteiger partial charge in [0.25, 0.3) is 0 Å². The summed E-state index contributed by atoms with van der Waals surface area (Å²) in [6.07, 6.45) is 0.0857. The Morgan fingerprint density at radius 1 is 1.10 bits per heavy atom. The van der Waals surface area contributed by atoms with Gasteiger partial charge >= 0.3 is 5.97 Å². The van der Waals surface area contributed by atoms with Crippen LogP contribution in [0.25, 0.3) is 11.3 Å². The standard InChI is InChI=1S/C24H28N2O2S/c1-16(2)23-22(20-11-10-17(3)18(4)14-20)25-24(29-23)26(13-12-21(27)28)15-19-8-6-5-7-9-19/h5-11,14,16H,12-13,15H2,1-4H3,(H,27,28). The van der Waals surface area contributed by atoms with Gasteiger partial charge in [-0.1, -0.05) is 56.3 Å². The van der Waals surface area contributed by atoms with Crippen molar-refractivity contribution in [2.45, 2.75) is 46.6 Å². The van der Waals surface area contributed by atoms with Crippen LogP contribution in [-0.2, 0) is 11.3 Å². The van der Waals surface area contributed by atoms with E-state index in [1.807, 2.05) is 18.2 Å². The Kier molecular flexibility index (Phi) is 6.70. The normalized spacial score (nSPS) is 11.1. The molecule has 1 heterocycles. The van der Waals surface area contributed by atoms with Crippen molar-refractivity contribution in [2.24, 2.45) is 0 Å². The Balaban J connectivity index is 2.00. The zero-order valence-electron chi connectivity index (χ0n) is 17.5. The highest BCUT2D eigenvalue weighted by Gasteiger charge is 2.20. The Morgan fingerprint density at radius 2 is 1.83 bits per heavy atom. The second-order valence-electron chi connectivity index (χ2n) is 7.71. The number of rotatable bonds is 8. The lowest BCUT2D eigenvalue weighted by Crippen LogP contribution is -2.25. The van der Waals surface area contributed by atoms with E-state index >= 15 is 0 Å². The summed E-state index contributed by atoms with van der Waals surface area (Å²) in [5.74, 6) is -0.450. The molecule has 0 unspecified atom stereocenters. The van der Waals surface area contributed by atoms with Crippen molar-refractivity contribution >= 4 is 22.4 Å². The average molecular weight is 409 g/mol. The fourth-order valence-electron chi connectivity index (χ4n) is 3.22. The molecule has 152 valence electrons. The summed E-state index contributed by atoms with van der Waals surface area (Å²) >= 11 is 1.67. The molecule has 1 N–H and O–H groups in total. The first-order chi connectivity index (χ1) is 13.8. The number of carboxylic acids is 1. The van der Waals surface area contributed by atoms with Crippen molar-refractivity contribution in [3.8, 4) is 11.3 Å². The van der Waals surface area contributed by atoms with Gasteiger partial charge in [-0.15, -0.1) is 11.3 Å². The predicted molar refractivity (Wildman–Crippen MR) is 121 cm³/mol. The fraction of sp³-hybridized carbons (Fsp3) is 0.333. The molecular formula is C24H28N2O2S. The van der Waals surface area contributed by atoms with E-state index in [4.69, 9.17) is 4.98 Å². The van der Waals surface area contributed by atoms with Gasteiger partial charge in [-0.2, -0.15) is 0 Å². The number of thiazole rings is 1. The van der Waals surface area contributed by atoms with Gasteiger partial charge in [-0.05, 0) is 42.5 Å². The summed E-state index contributed by atoms with van der Waals surface area (Å²) in [7, 11) is 0. The molecule has 0 aliphatic carbocycles. The van der Waals surface area contributed by atoms with Crippen LogP contribution in [-0.4, -0.2) is 22.6 Å². The molecule has 0 radical (unpaired) electrons. The van der Waals surface area contributed by atoms with Crippen LogP contribution in [0.1, 0.15) is 47.8 Å². The maximum atomic E-state index is 11.2. The summed E-state index contributed by atoms with van der Waals surface area (Å²) in [6, 6.07) is 16.6. The molecule has 5 heteroatoms. The Bertz CT molecular complexity index is 980. The van der Waals surface area contributed by atoms with Crippen LogP contribution in [0, 0.1) is 13.8 Å². The molecule has 1 aromatic heterocycles. The van der Waals surface area contributed by atoms with E-state index in [0.717, 1.165) is 22.0 Å². The smallest absolute Gasteiger partial charge is 0.305 e. The molecular weight excluding hydrogens is 380 g/mol. The number of hydrogen-bond donors (Lipinski definition) is 1. The molecule has 0 aliphatic heterocycles. The molecule has 2 aromatic carbocycles.